The van der Waals surface area contributed by atoms with Gasteiger partial charge in [0.25, 0.3) is 0 Å². The fourth-order valence-electron chi connectivity index (χ4n) is 0.896. The second-order valence-corrected chi connectivity index (χ2v) is 2.51. The van der Waals surface area contributed by atoms with Gasteiger partial charge in [0, 0.05) is 12.7 Å². The molecule has 0 saturated carbocycles. The van der Waals surface area contributed by atoms with E-state index in [0.717, 1.165) is 37.4 Å². The summed E-state index contributed by atoms with van der Waals surface area (Å²) in [6, 6.07) is 0. The largest absolute Gasteiger partial charge is 0.400 e. The maximum Gasteiger partial charge on any atom is 0.149 e. The minimum Gasteiger partial charge on any atom is -0.400 e. The van der Waals surface area contributed by atoms with Crippen LogP contribution in [0.1, 0.15) is 26.7 Å². The van der Waals surface area contributed by atoms with Crippen LogP contribution in [0.25, 0.3) is 0 Å². The first-order chi connectivity index (χ1) is 6.78. The van der Waals surface area contributed by atoms with Gasteiger partial charge in [-0.1, -0.05) is 32.6 Å². The van der Waals surface area contributed by atoms with Crippen molar-refractivity contribution in [2.45, 2.75) is 26.7 Å². The topological polar surface area (TPSA) is 37.3 Å². The number of aldehydes is 1. The molecular formula is C12H20O2. The van der Waals surface area contributed by atoms with Crippen molar-refractivity contribution >= 4 is 6.29 Å². The zero-order valence-corrected chi connectivity index (χ0v) is 9.29. The van der Waals surface area contributed by atoms with E-state index < -0.39 is 0 Å². The fourth-order valence-corrected chi connectivity index (χ4v) is 0.896. The molecule has 0 unspecified atom stereocenters. The van der Waals surface area contributed by atoms with E-state index in [0.29, 0.717) is 0 Å². The molecule has 0 bridgehead atoms. The van der Waals surface area contributed by atoms with Crippen molar-refractivity contribution in [3.63, 3.8) is 0 Å². The van der Waals surface area contributed by atoms with Crippen LogP contribution in [0, 0.1) is 0 Å². The van der Waals surface area contributed by atoms with E-state index in [9.17, 15) is 4.79 Å². The summed E-state index contributed by atoms with van der Waals surface area (Å²) in [6.07, 6.45) is 8.25. The van der Waals surface area contributed by atoms with Crippen molar-refractivity contribution in [3.8, 4) is 0 Å². The highest BCUT2D eigenvalue weighted by Gasteiger charge is 1.91. The molecule has 0 aliphatic heterocycles. The Balaban J connectivity index is 0. The maximum absolute atomic E-state index is 10.5. The third kappa shape index (κ3) is 7.50. The predicted octanol–water partition coefficient (Wildman–Crippen LogP) is 2.65. The average molecular weight is 196 g/mol. The molecule has 0 saturated heterocycles. The van der Waals surface area contributed by atoms with Gasteiger partial charge in [-0.15, -0.1) is 0 Å². The van der Waals surface area contributed by atoms with Gasteiger partial charge in [-0.3, -0.25) is 4.79 Å². The summed E-state index contributed by atoms with van der Waals surface area (Å²) < 4.78 is 0. The molecule has 14 heavy (non-hydrogen) atoms. The Morgan fingerprint density at radius 1 is 1.36 bits per heavy atom. The van der Waals surface area contributed by atoms with Crippen LogP contribution in [-0.2, 0) is 4.79 Å². The first kappa shape index (κ1) is 15.3. The first-order valence-corrected chi connectivity index (χ1v) is 4.71. The van der Waals surface area contributed by atoms with Crippen LogP contribution in [0.5, 0.6) is 0 Å². The summed E-state index contributed by atoms with van der Waals surface area (Å²) in [5, 5.41) is 7.00. The molecule has 0 aliphatic rings. The summed E-state index contributed by atoms with van der Waals surface area (Å²) in [7, 11) is 1.00. The number of carbonyl (C=O) groups excluding carboxylic acids is 1. The molecule has 80 valence electrons. The van der Waals surface area contributed by atoms with Gasteiger partial charge >= 0.3 is 0 Å². The van der Waals surface area contributed by atoms with E-state index in [1.807, 2.05) is 26.0 Å². The van der Waals surface area contributed by atoms with Gasteiger partial charge in [0.1, 0.15) is 6.29 Å². The van der Waals surface area contributed by atoms with Crippen molar-refractivity contribution in [3.05, 3.63) is 36.0 Å². The quantitative estimate of drug-likeness (QED) is 0.417. The van der Waals surface area contributed by atoms with E-state index in [-0.39, 0.29) is 0 Å². The van der Waals surface area contributed by atoms with Crippen LogP contribution in [0.4, 0.5) is 0 Å². The van der Waals surface area contributed by atoms with Crippen LogP contribution in [0.15, 0.2) is 36.0 Å². The van der Waals surface area contributed by atoms with E-state index in [1.54, 1.807) is 6.08 Å². The Kier molecular flexibility index (Phi) is 13.0. The highest BCUT2D eigenvalue weighted by molar-refractivity contribution is 5.77. The summed E-state index contributed by atoms with van der Waals surface area (Å²) in [6.45, 7) is 7.72. The lowest BCUT2D eigenvalue weighted by molar-refractivity contribution is -0.104. The SMILES string of the molecule is C=C/C(=C\C(C=O)=C/CC)CC.CO. The highest BCUT2D eigenvalue weighted by atomic mass is 16.2. The molecule has 0 amide bonds. The maximum atomic E-state index is 10.5. The number of hydrogen-bond acceptors (Lipinski definition) is 2. The second-order valence-electron chi connectivity index (χ2n) is 2.51. The molecule has 0 aliphatic carbocycles. The zero-order valence-electron chi connectivity index (χ0n) is 9.29. The van der Waals surface area contributed by atoms with Crippen molar-refractivity contribution in [1.29, 1.82) is 0 Å². The lowest BCUT2D eigenvalue weighted by atomic mass is 10.1. The second kappa shape index (κ2) is 11.8. The van der Waals surface area contributed by atoms with Gasteiger partial charge in [0.15, 0.2) is 0 Å². The molecule has 1 N–H and O–H groups in total. The molecule has 0 atom stereocenters. The molecule has 2 nitrogen and oxygen atoms in total. The smallest absolute Gasteiger partial charge is 0.149 e. The molecule has 0 aromatic carbocycles. The molecule has 0 spiro atoms. The average Bonchev–Trinajstić information content (AvgIpc) is 2.27. The standard InChI is InChI=1S/C11H16O.CH4O/c1-4-7-11(9-12)8-10(5-2)6-3;1-2/h5,7-9H,2,4,6H2,1,3H3;2H,1H3/b10-8+,11-7+;. The summed E-state index contributed by atoms with van der Waals surface area (Å²) in [4.78, 5) is 10.5. The van der Waals surface area contributed by atoms with Gasteiger partial charge in [-0.2, -0.15) is 0 Å². The van der Waals surface area contributed by atoms with Gasteiger partial charge in [-0.25, -0.2) is 0 Å². The monoisotopic (exact) mass is 196 g/mol. The van der Waals surface area contributed by atoms with Crippen molar-refractivity contribution in [1.82, 2.24) is 0 Å². The first-order valence-electron chi connectivity index (χ1n) is 4.71. The van der Waals surface area contributed by atoms with Crippen molar-refractivity contribution in [2.75, 3.05) is 7.11 Å². The van der Waals surface area contributed by atoms with Crippen LogP contribution in [0.3, 0.4) is 0 Å². The number of allylic oxidation sites excluding steroid dienone is 5. The Morgan fingerprint density at radius 2 is 1.93 bits per heavy atom. The Bertz CT molecular complexity index is 212. The predicted molar refractivity (Wildman–Crippen MR) is 61.2 cm³/mol. The molecule has 2 heteroatoms. The minimum absolute atomic E-state index is 0.745. The summed E-state index contributed by atoms with van der Waals surface area (Å²) in [5.74, 6) is 0. The molecule has 0 aromatic heterocycles. The van der Waals surface area contributed by atoms with Gasteiger partial charge < -0.3 is 5.11 Å². The lowest BCUT2D eigenvalue weighted by Gasteiger charge is -1.95. The van der Waals surface area contributed by atoms with Crippen LogP contribution in [0.2, 0.25) is 0 Å². The van der Waals surface area contributed by atoms with Crippen LogP contribution < -0.4 is 0 Å². The lowest BCUT2D eigenvalue weighted by Crippen LogP contribution is -1.82. The van der Waals surface area contributed by atoms with Crippen molar-refractivity contribution in [2.24, 2.45) is 0 Å². The number of aliphatic hydroxyl groups excluding tert-OH is 1. The van der Waals surface area contributed by atoms with E-state index in [1.165, 1.54) is 0 Å². The highest BCUT2D eigenvalue weighted by Crippen LogP contribution is 2.06. The molecule has 0 rings (SSSR count). The summed E-state index contributed by atoms with van der Waals surface area (Å²) in [5.41, 5.74) is 1.84. The van der Waals surface area contributed by atoms with E-state index >= 15 is 0 Å². The minimum atomic E-state index is 0.745. The fraction of sp³-hybridized carbons (Fsp3) is 0.417. The van der Waals surface area contributed by atoms with E-state index in [4.69, 9.17) is 5.11 Å². The number of carbonyl (C=O) groups is 1. The third-order valence-corrected chi connectivity index (χ3v) is 1.60. The molecule has 0 radical (unpaired) electrons. The number of hydrogen-bond donors (Lipinski definition) is 1. The van der Waals surface area contributed by atoms with E-state index in [2.05, 4.69) is 6.58 Å². The van der Waals surface area contributed by atoms with Gasteiger partial charge in [0.05, 0.1) is 0 Å². The zero-order chi connectivity index (χ0) is 11.4. The third-order valence-electron chi connectivity index (χ3n) is 1.60. The molecular weight excluding hydrogens is 176 g/mol. The number of aliphatic hydroxyl groups is 1. The Morgan fingerprint density at radius 3 is 2.21 bits per heavy atom. The molecule has 0 heterocycles. The van der Waals surface area contributed by atoms with Crippen molar-refractivity contribution < 1.29 is 9.90 Å². The van der Waals surface area contributed by atoms with Gasteiger partial charge in [0.2, 0.25) is 0 Å². The normalized spacial score (nSPS) is 11.4. The van der Waals surface area contributed by atoms with Crippen LogP contribution in [-0.4, -0.2) is 18.5 Å². The molecule has 0 aromatic rings. The Labute approximate surface area is 86.6 Å². The van der Waals surface area contributed by atoms with Gasteiger partial charge in [-0.05, 0) is 24.5 Å². The van der Waals surface area contributed by atoms with Crippen LogP contribution >= 0.6 is 0 Å². The molecule has 0 fully saturated rings. The number of rotatable bonds is 5. The summed E-state index contributed by atoms with van der Waals surface area (Å²) >= 11 is 0. The Hall–Kier alpha value is -1.15.